The number of hydrogen-bond acceptors (Lipinski definition) is 3. The molecule has 0 heterocycles. The molecule has 0 aromatic heterocycles. The molecule has 5 heteroatoms. The first-order valence-corrected chi connectivity index (χ1v) is 7.05. The van der Waals surface area contributed by atoms with E-state index in [0.29, 0.717) is 18.3 Å². The van der Waals surface area contributed by atoms with Gasteiger partial charge in [-0.1, -0.05) is 6.92 Å². The van der Waals surface area contributed by atoms with Crippen LogP contribution in [0.15, 0.2) is 18.2 Å². The molecule has 20 heavy (non-hydrogen) atoms. The first kappa shape index (κ1) is 14.8. The summed E-state index contributed by atoms with van der Waals surface area (Å²) in [4.78, 5) is 11.8. The Hall–Kier alpha value is -1.62. The Balaban J connectivity index is 1.96. The van der Waals surface area contributed by atoms with Crippen LogP contribution in [-0.4, -0.2) is 24.6 Å². The average molecular weight is 280 g/mol. The number of carbonyl (C=O) groups is 1. The van der Waals surface area contributed by atoms with Gasteiger partial charge < -0.3 is 15.4 Å². The van der Waals surface area contributed by atoms with Gasteiger partial charge >= 0.3 is 0 Å². The van der Waals surface area contributed by atoms with E-state index < -0.39 is 6.10 Å². The molecule has 2 N–H and O–H groups in total. The van der Waals surface area contributed by atoms with E-state index in [1.54, 1.807) is 13.0 Å². The van der Waals surface area contributed by atoms with Gasteiger partial charge in [0.2, 0.25) is 0 Å². The zero-order valence-electron chi connectivity index (χ0n) is 11.9. The Morgan fingerprint density at radius 1 is 1.45 bits per heavy atom. The van der Waals surface area contributed by atoms with Crippen LogP contribution in [0, 0.1) is 5.82 Å². The van der Waals surface area contributed by atoms with Gasteiger partial charge in [-0.15, -0.1) is 0 Å². The van der Waals surface area contributed by atoms with Crippen molar-refractivity contribution in [3.63, 3.8) is 0 Å². The van der Waals surface area contributed by atoms with Crippen molar-refractivity contribution < 1.29 is 13.9 Å². The monoisotopic (exact) mass is 280 g/mol. The normalized spacial score (nSPS) is 15.8. The smallest absolute Gasteiger partial charge is 0.260 e. The highest BCUT2D eigenvalue weighted by molar-refractivity contribution is 5.81. The van der Waals surface area contributed by atoms with E-state index in [1.165, 1.54) is 12.1 Å². The third-order valence-corrected chi connectivity index (χ3v) is 3.12. The number of amides is 1. The zero-order valence-corrected chi connectivity index (χ0v) is 11.9. The number of hydrogen-bond donors (Lipinski definition) is 2. The predicted octanol–water partition coefficient (Wildman–Crippen LogP) is 1.98. The molecule has 1 atom stereocenters. The molecule has 0 radical (unpaired) electrons. The van der Waals surface area contributed by atoms with Crippen molar-refractivity contribution >= 4 is 5.91 Å². The molecule has 1 saturated carbocycles. The summed E-state index contributed by atoms with van der Waals surface area (Å²) >= 11 is 0. The Kier molecular flexibility index (Phi) is 4.95. The summed E-state index contributed by atoms with van der Waals surface area (Å²) in [7, 11) is 0. The van der Waals surface area contributed by atoms with Crippen LogP contribution in [0.3, 0.4) is 0 Å². The molecule has 0 aliphatic heterocycles. The topological polar surface area (TPSA) is 50.4 Å². The van der Waals surface area contributed by atoms with Crippen molar-refractivity contribution in [2.45, 2.75) is 45.4 Å². The third-order valence-electron chi connectivity index (χ3n) is 3.12. The third kappa shape index (κ3) is 4.49. The molecule has 4 nitrogen and oxygen atoms in total. The Labute approximate surface area is 118 Å². The Morgan fingerprint density at radius 2 is 2.20 bits per heavy atom. The minimum absolute atomic E-state index is 0.148. The maximum Gasteiger partial charge on any atom is 0.260 e. The number of rotatable bonds is 7. The first-order valence-electron chi connectivity index (χ1n) is 7.05. The second kappa shape index (κ2) is 6.70. The van der Waals surface area contributed by atoms with Gasteiger partial charge in [0.1, 0.15) is 11.6 Å². The van der Waals surface area contributed by atoms with Crippen LogP contribution in [0.5, 0.6) is 5.75 Å². The van der Waals surface area contributed by atoms with Crippen molar-refractivity contribution in [1.82, 2.24) is 10.6 Å². The highest BCUT2D eigenvalue weighted by Gasteiger charge is 2.26. The van der Waals surface area contributed by atoms with Gasteiger partial charge in [-0.25, -0.2) is 4.39 Å². The first-order chi connectivity index (χ1) is 9.58. The lowest BCUT2D eigenvalue weighted by Crippen LogP contribution is -2.37. The molecule has 1 fully saturated rings. The predicted molar refractivity (Wildman–Crippen MR) is 75.0 cm³/mol. The van der Waals surface area contributed by atoms with Crippen molar-refractivity contribution in [2.75, 3.05) is 6.54 Å². The van der Waals surface area contributed by atoms with Crippen LogP contribution in [0.2, 0.25) is 0 Å². The van der Waals surface area contributed by atoms with E-state index in [4.69, 9.17) is 4.74 Å². The summed E-state index contributed by atoms with van der Waals surface area (Å²) in [6, 6.07) is 4.82. The van der Waals surface area contributed by atoms with Gasteiger partial charge in [0.25, 0.3) is 5.91 Å². The van der Waals surface area contributed by atoms with Crippen molar-refractivity contribution in [3.8, 4) is 5.75 Å². The lowest BCUT2D eigenvalue weighted by atomic mass is 10.2. The fourth-order valence-electron chi connectivity index (χ4n) is 1.86. The van der Waals surface area contributed by atoms with Crippen LogP contribution >= 0.6 is 0 Å². The number of ether oxygens (including phenoxy) is 1. The van der Waals surface area contributed by atoms with Crippen LogP contribution in [0.25, 0.3) is 0 Å². The average Bonchev–Trinajstić information content (AvgIpc) is 3.19. The second-order valence-electron chi connectivity index (χ2n) is 5.12. The summed E-state index contributed by atoms with van der Waals surface area (Å²) in [5.74, 6) is -0.119. The van der Waals surface area contributed by atoms with E-state index >= 15 is 0 Å². The summed E-state index contributed by atoms with van der Waals surface area (Å²) in [5.41, 5.74) is 0.802. The fraction of sp³-hybridized carbons (Fsp3) is 0.533. The lowest BCUT2D eigenvalue weighted by Gasteiger charge is -2.15. The van der Waals surface area contributed by atoms with E-state index in [1.807, 2.05) is 6.92 Å². The molecule has 0 spiro atoms. The van der Waals surface area contributed by atoms with Gasteiger partial charge in [-0.2, -0.15) is 0 Å². The number of benzene rings is 1. The molecule has 1 amide bonds. The second-order valence-corrected chi connectivity index (χ2v) is 5.12. The van der Waals surface area contributed by atoms with Crippen molar-refractivity contribution in [3.05, 3.63) is 29.6 Å². The molecule has 1 aromatic carbocycles. The molecule has 0 bridgehead atoms. The molecule has 1 aliphatic rings. The van der Waals surface area contributed by atoms with Gasteiger partial charge in [-0.05, 0) is 44.0 Å². The molecule has 1 aliphatic carbocycles. The van der Waals surface area contributed by atoms with E-state index in [0.717, 1.165) is 24.9 Å². The Morgan fingerprint density at radius 3 is 2.85 bits per heavy atom. The maximum absolute atomic E-state index is 13.5. The summed E-state index contributed by atoms with van der Waals surface area (Å²) in [6.07, 6.45) is 1.45. The van der Waals surface area contributed by atoms with Gasteiger partial charge in [-0.3, -0.25) is 4.79 Å². The largest absolute Gasteiger partial charge is 0.481 e. The fourth-order valence-corrected chi connectivity index (χ4v) is 1.86. The number of nitrogens with one attached hydrogen (secondary N) is 2. The molecule has 0 saturated heterocycles. The zero-order chi connectivity index (χ0) is 14.5. The van der Waals surface area contributed by atoms with Gasteiger partial charge in [0.05, 0.1) is 0 Å². The molecular weight excluding hydrogens is 259 g/mol. The van der Waals surface area contributed by atoms with E-state index in [2.05, 4.69) is 10.6 Å². The number of carbonyl (C=O) groups excluding carboxylic acids is 1. The van der Waals surface area contributed by atoms with Crippen LogP contribution in [-0.2, 0) is 11.3 Å². The SMILES string of the molecule is CCNCc1cc(F)cc(OC(C)C(=O)NC2CC2)c1. The number of halogens is 1. The minimum atomic E-state index is -0.621. The van der Waals surface area contributed by atoms with Gasteiger partial charge in [0.15, 0.2) is 6.10 Å². The highest BCUT2D eigenvalue weighted by Crippen LogP contribution is 2.20. The summed E-state index contributed by atoms with van der Waals surface area (Å²) in [6.45, 7) is 5.05. The standard InChI is InChI=1S/C15H21FN2O2/c1-3-17-9-11-6-12(16)8-14(7-11)20-10(2)15(19)18-13-4-5-13/h6-8,10,13,17H,3-5,9H2,1-2H3,(H,18,19). The lowest BCUT2D eigenvalue weighted by molar-refractivity contribution is -0.127. The molecule has 110 valence electrons. The van der Waals surface area contributed by atoms with Crippen LogP contribution in [0.4, 0.5) is 4.39 Å². The maximum atomic E-state index is 13.5. The summed E-state index contributed by atoms with van der Waals surface area (Å²) < 4.78 is 19.0. The molecule has 2 rings (SSSR count). The van der Waals surface area contributed by atoms with Crippen LogP contribution < -0.4 is 15.4 Å². The molecular formula is C15H21FN2O2. The van der Waals surface area contributed by atoms with Crippen molar-refractivity contribution in [1.29, 1.82) is 0 Å². The quantitative estimate of drug-likeness (QED) is 0.803. The minimum Gasteiger partial charge on any atom is -0.481 e. The Bertz CT molecular complexity index is 475. The summed E-state index contributed by atoms with van der Waals surface area (Å²) in [5, 5.41) is 6.00. The van der Waals surface area contributed by atoms with E-state index in [9.17, 15) is 9.18 Å². The molecule has 1 aromatic rings. The molecule has 1 unspecified atom stereocenters. The van der Waals surface area contributed by atoms with Crippen molar-refractivity contribution in [2.24, 2.45) is 0 Å². The van der Waals surface area contributed by atoms with E-state index in [-0.39, 0.29) is 11.7 Å². The van der Waals surface area contributed by atoms with Gasteiger partial charge in [0, 0.05) is 18.7 Å². The van der Waals surface area contributed by atoms with Crippen LogP contribution in [0.1, 0.15) is 32.3 Å². The highest BCUT2D eigenvalue weighted by atomic mass is 19.1.